The maximum atomic E-state index is 12.4. The van der Waals surface area contributed by atoms with Gasteiger partial charge < -0.3 is 9.47 Å². The van der Waals surface area contributed by atoms with Crippen LogP contribution in [-0.4, -0.2) is 55.4 Å². The number of rotatable bonds is 6. The van der Waals surface area contributed by atoms with Crippen molar-refractivity contribution in [3.63, 3.8) is 0 Å². The number of aromatic nitrogens is 6. The molecule has 3 heterocycles. The predicted molar refractivity (Wildman–Crippen MR) is 108 cm³/mol. The number of ether oxygens (including phenoxy) is 2. The van der Waals surface area contributed by atoms with Gasteiger partial charge in [-0.3, -0.25) is 10.1 Å². The highest BCUT2D eigenvalue weighted by molar-refractivity contribution is 7.99. The Morgan fingerprint density at radius 2 is 1.83 bits per heavy atom. The summed E-state index contributed by atoms with van der Waals surface area (Å²) in [4.78, 5) is 29.7. The molecule has 10 nitrogen and oxygen atoms in total. The van der Waals surface area contributed by atoms with Crippen LogP contribution in [0.5, 0.6) is 11.8 Å². The molecule has 0 unspecified atom stereocenters. The lowest BCUT2D eigenvalue weighted by atomic mass is 10.2. The highest BCUT2D eigenvalue weighted by Crippen LogP contribution is 2.24. The van der Waals surface area contributed by atoms with Crippen LogP contribution >= 0.6 is 11.8 Å². The third-order valence-electron chi connectivity index (χ3n) is 3.94. The normalized spacial score (nSPS) is 11.0. The third-order valence-corrected chi connectivity index (χ3v) is 4.87. The Labute approximate surface area is 169 Å². The highest BCUT2D eigenvalue weighted by Gasteiger charge is 2.15. The largest absolute Gasteiger partial charge is 0.481 e. The zero-order valence-electron chi connectivity index (χ0n) is 15.9. The second kappa shape index (κ2) is 7.87. The van der Waals surface area contributed by atoms with E-state index in [0.717, 1.165) is 10.9 Å². The van der Waals surface area contributed by atoms with Crippen molar-refractivity contribution < 1.29 is 14.3 Å². The summed E-state index contributed by atoms with van der Waals surface area (Å²) < 4.78 is 11.8. The minimum Gasteiger partial charge on any atom is -0.481 e. The molecule has 1 N–H and O–H groups in total. The molecule has 0 saturated heterocycles. The minimum absolute atomic E-state index is 0.0855. The van der Waals surface area contributed by atoms with Crippen LogP contribution in [0.2, 0.25) is 0 Å². The zero-order chi connectivity index (χ0) is 20.4. The number of hydrogen-bond acceptors (Lipinski definition) is 9. The van der Waals surface area contributed by atoms with Gasteiger partial charge in [-0.05, 0) is 19.1 Å². The fourth-order valence-corrected chi connectivity index (χ4v) is 3.43. The van der Waals surface area contributed by atoms with Crippen LogP contribution in [-0.2, 0) is 4.79 Å². The smallest absolute Gasteiger partial charge is 0.237 e. The molecule has 0 aliphatic carbocycles. The first kappa shape index (κ1) is 18.9. The van der Waals surface area contributed by atoms with Crippen molar-refractivity contribution in [2.45, 2.75) is 12.1 Å². The number of nitrogens with one attached hydrogen (secondary N) is 1. The molecular weight excluding hydrogens is 394 g/mol. The van der Waals surface area contributed by atoms with Crippen molar-refractivity contribution in [3.05, 3.63) is 36.2 Å². The van der Waals surface area contributed by atoms with Crippen molar-refractivity contribution in [2.24, 2.45) is 0 Å². The second-order valence-corrected chi connectivity index (χ2v) is 6.86. The maximum absolute atomic E-state index is 12.4. The lowest BCUT2D eigenvalue weighted by Crippen LogP contribution is -2.17. The Balaban J connectivity index is 1.56. The number of benzene rings is 1. The molecule has 1 amide bonds. The summed E-state index contributed by atoms with van der Waals surface area (Å²) in [5.41, 5.74) is 1.49. The fraction of sp³-hybridized carbons (Fsp3) is 0.222. The Kier molecular flexibility index (Phi) is 5.12. The minimum atomic E-state index is -0.301. The Bertz CT molecular complexity index is 1190. The summed E-state index contributed by atoms with van der Waals surface area (Å²) >= 11 is 1.24. The molecule has 0 bridgehead atoms. The predicted octanol–water partition coefficient (Wildman–Crippen LogP) is 2.12. The first-order valence-corrected chi connectivity index (χ1v) is 9.58. The summed E-state index contributed by atoms with van der Waals surface area (Å²) in [6.07, 6.45) is 0. The number of thioether (sulfide) groups is 1. The van der Waals surface area contributed by atoms with Gasteiger partial charge >= 0.3 is 0 Å². The van der Waals surface area contributed by atoms with Crippen LogP contribution in [0.3, 0.4) is 0 Å². The quantitative estimate of drug-likeness (QED) is 0.376. The molecule has 11 heteroatoms. The standard InChI is InChI=1S/C18H17N7O3S/c1-10-19-16-11-6-4-5-7-12(11)20-18(25(16)24-10)29-9-13(26)21-17-22-14(27-2)8-15(23-17)28-3/h4-8H,9H2,1-3H3,(H,21,22,23,26). The highest BCUT2D eigenvalue weighted by atomic mass is 32.2. The second-order valence-electron chi connectivity index (χ2n) is 5.92. The van der Waals surface area contributed by atoms with Gasteiger partial charge in [0.25, 0.3) is 0 Å². The van der Waals surface area contributed by atoms with E-state index in [1.165, 1.54) is 32.0 Å². The summed E-state index contributed by atoms with van der Waals surface area (Å²) in [6.45, 7) is 1.82. The van der Waals surface area contributed by atoms with E-state index in [9.17, 15) is 4.79 Å². The number of anilines is 1. The van der Waals surface area contributed by atoms with E-state index in [0.29, 0.717) is 16.6 Å². The summed E-state index contributed by atoms with van der Waals surface area (Å²) in [5.74, 6) is 1.09. The van der Waals surface area contributed by atoms with Crippen LogP contribution < -0.4 is 14.8 Å². The van der Waals surface area contributed by atoms with Gasteiger partial charge in [-0.15, -0.1) is 5.10 Å². The fourth-order valence-electron chi connectivity index (χ4n) is 2.69. The number of hydrogen-bond donors (Lipinski definition) is 1. The SMILES string of the molecule is COc1cc(OC)nc(NC(=O)CSc2nc3ccccc3c3nc(C)nn23)n1. The van der Waals surface area contributed by atoms with Gasteiger partial charge in [-0.25, -0.2) is 9.97 Å². The van der Waals surface area contributed by atoms with Crippen molar-refractivity contribution >= 4 is 40.2 Å². The van der Waals surface area contributed by atoms with E-state index in [4.69, 9.17) is 9.47 Å². The van der Waals surface area contributed by atoms with Crippen molar-refractivity contribution in [3.8, 4) is 11.8 Å². The van der Waals surface area contributed by atoms with Gasteiger partial charge in [0, 0.05) is 5.39 Å². The first-order valence-electron chi connectivity index (χ1n) is 8.59. The molecule has 0 aliphatic rings. The molecule has 148 valence electrons. The van der Waals surface area contributed by atoms with E-state index >= 15 is 0 Å². The molecular formula is C18H17N7O3S. The molecule has 0 fully saturated rings. The Morgan fingerprint density at radius 1 is 1.10 bits per heavy atom. The van der Waals surface area contributed by atoms with Gasteiger partial charge in [-0.1, -0.05) is 23.9 Å². The molecule has 0 saturated carbocycles. The van der Waals surface area contributed by atoms with E-state index in [1.54, 1.807) is 4.52 Å². The van der Waals surface area contributed by atoms with Gasteiger partial charge in [0.05, 0.1) is 31.6 Å². The number of methoxy groups -OCH3 is 2. The summed E-state index contributed by atoms with van der Waals surface area (Å²) in [5, 5.41) is 8.51. The van der Waals surface area contributed by atoms with Crippen LogP contribution in [0.25, 0.3) is 16.6 Å². The number of amides is 1. The monoisotopic (exact) mass is 411 g/mol. The van der Waals surface area contributed by atoms with Crippen LogP contribution in [0, 0.1) is 6.92 Å². The molecule has 0 aliphatic heterocycles. The maximum Gasteiger partial charge on any atom is 0.237 e. The Hall–Kier alpha value is -3.47. The van der Waals surface area contributed by atoms with Crippen LogP contribution in [0.15, 0.2) is 35.5 Å². The molecule has 0 spiro atoms. The van der Waals surface area contributed by atoms with E-state index in [1.807, 2.05) is 31.2 Å². The lowest BCUT2D eigenvalue weighted by molar-refractivity contribution is -0.113. The average Bonchev–Trinajstić information content (AvgIpc) is 3.13. The van der Waals surface area contributed by atoms with Gasteiger partial charge in [0.15, 0.2) is 10.8 Å². The average molecular weight is 411 g/mol. The lowest BCUT2D eigenvalue weighted by Gasteiger charge is -2.08. The number of carbonyl (C=O) groups excluding carboxylic acids is 1. The molecule has 0 atom stereocenters. The number of carbonyl (C=O) groups is 1. The van der Waals surface area contributed by atoms with E-state index < -0.39 is 0 Å². The van der Waals surface area contributed by atoms with Crippen molar-refractivity contribution in [2.75, 3.05) is 25.3 Å². The first-order chi connectivity index (χ1) is 14.1. The van der Waals surface area contributed by atoms with E-state index in [2.05, 4.69) is 30.4 Å². The Morgan fingerprint density at radius 3 is 2.55 bits per heavy atom. The van der Waals surface area contributed by atoms with Gasteiger partial charge in [0.1, 0.15) is 5.82 Å². The third kappa shape index (κ3) is 3.90. The van der Waals surface area contributed by atoms with Crippen LogP contribution in [0.1, 0.15) is 5.82 Å². The van der Waals surface area contributed by atoms with Gasteiger partial charge in [-0.2, -0.15) is 14.5 Å². The molecule has 0 radical (unpaired) electrons. The number of para-hydroxylation sites is 1. The molecule has 4 rings (SSSR count). The number of nitrogens with zero attached hydrogens (tertiary/aromatic N) is 6. The van der Waals surface area contributed by atoms with Gasteiger partial charge in [0.2, 0.25) is 23.6 Å². The zero-order valence-corrected chi connectivity index (χ0v) is 16.7. The van der Waals surface area contributed by atoms with Crippen molar-refractivity contribution in [1.82, 2.24) is 29.5 Å². The number of fused-ring (bicyclic) bond motifs is 3. The van der Waals surface area contributed by atoms with E-state index in [-0.39, 0.29) is 29.4 Å². The molecule has 3 aromatic heterocycles. The topological polar surface area (TPSA) is 116 Å². The van der Waals surface area contributed by atoms with Crippen molar-refractivity contribution in [1.29, 1.82) is 0 Å². The molecule has 1 aromatic carbocycles. The summed E-state index contributed by atoms with van der Waals surface area (Å²) in [6, 6.07) is 9.20. The summed E-state index contributed by atoms with van der Waals surface area (Å²) in [7, 11) is 2.94. The number of aryl methyl sites for hydroxylation is 1. The molecule has 29 heavy (non-hydrogen) atoms. The molecule has 4 aromatic rings. The van der Waals surface area contributed by atoms with Crippen LogP contribution in [0.4, 0.5) is 5.95 Å².